The number of aryl methyl sites for hydroxylation is 1. The Labute approximate surface area is 125 Å². The van der Waals surface area contributed by atoms with Crippen molar-refractivity contribution in [1.82, 2.24) is 0 Å². The van der Waals surface area contributed by atoms with E-state index in [2.05, 4.69) is 37.3 Å². The van der Waals surface area contributed by atoms with Gasteiger partial charge in [-0.2, -0.15) is 0 Å². The summed E-state index contributed by atoms with van der Waals surface area (Å²) in [5.41, 5.74) is 3.64. The Kier molecular flexibility index (Phi) is 4.23. The van der Waals surface area contributed by atoms with E-state index in [1.807, 2.05) is 5.38 Å². The van der Waals surface area contributed by atoms with Crippen LogP contribution in [0.15, 0.2) is 35.7 Å². The normalized spacial score (nSPS) is 18.1. The van der Waals surface area contributed by atoms with E-state index in [4.69, 9.17) is 0 Å². The largest absolute Gasteiger partial charge is 0.383 e. The summed E-state index contributed by atoms with van der Waals surface area (Å²) in [4.78, 5) is 1.07. The lowest BCUT2D eigenvalue weighted by atomic mass is 9.84. The third kappa shape index (κ3) is 2.82. The molecule has 1 saturated carbocycles. The van der Waals surface area contributed by atoms with Gasteiger partial charge in [0.1, 0.15) is 6.10 Å². The molecule has 1 N–H and O–H groups in total. The fraction of sp³-hybridized carbons (Fsp3) is 0.444. The van der Waals surface area contributed by atoms with Gasteiger partial charge in [-0.1, -0.05) is 43.5 Å². The van der Waals surface area contributed by atoms with Gasteiger partial charge in [-0.3, -0.25) is 0 Å². The number of benzene rings is 1. The molecule has 1 heterocycles. The van der Waals surface area contributed by atoms with Crippen molar-refractivity contribution < 1.29 is 5.11 Å². The molecule has 0 saturated heterocycles. The molecule has 1 fully saturated rings. The predicted octanol–water partition coefficient (Wildman–Crippen LogP) is 5.19. The Hall–Kier alpha value is -1.12. The van der Waals surface area contributed by atoms with Crippen LogP contribution in [0.1, 0.15) is 65.7 Å². The number of rotatable bonds is 3. The summed E-state index contributed by atoms with van der Waals surface area (Å²) in [6.07, 6.45) is 6.30. The first-order valence-electron chi connectivity index (χ1n) is 7.57. The van der Waals surface area contributed by atoms with Crippen LogP contribution < -0.4 is 0 Å². The van der Waals surface area contributed by atoms with Crippen molar-refractivity contribution in [3.05, 3.63) is 57.3 Å². The highest BCUT2D eigenvalue weighted by Gasteiger charge is 2.17. The number of hydrogen-bond donors (Lipinski definition) is 1. The van der Waals surface area contributed by atoms with E-state index in [0.29, 0.717) is 0 Å². The Balaban J connectivity index is 1.77. The fourth-order valence-corrected chi connectivity index (χ4v) is 4.14. The molecule has 2 heteroatoms. The molecular weight excluding hydrogens is 264 g/mol. The lowest BCUT2D eigenvalue weighted by Crippen LogP contribution is -2.05. The van der Waals surface area contributed by atoms with Gasteiger partial charge in [-0.15, -0.1) is 11.3 Å². The van der Waals surface area contributed by atoms with Gasteiger partial charge in [0.05, 0.1) is 0 Å². The molecular formula is C18H22OS. The highest BCUT2D eigenvalue weighted by Crippen LogP contribution is 2.34. The summed E-state index contributed by atoms with van der Waals surface area (Å²) in [5.74, 6) is 0.735. The third-order valence-electron chi connectivity index (χ3n) is 4.48. The highest BCUT2D eigenvalue weighted by molar-refractivity contribution is 7.10. The Morgan fingerprint density at radius 3 is 2.35 bits per heavy atom. The molecule has 0 amide bonds. The first-order valence-corrected chi connectivity index (χ1v) is 8.45. The number of thiophene rings is 1. The molecule has 1 aliphatic carbocycles. The van der Waals surface area contributed by atoms with Crippen LogP contribution in [-0.4, -0.2) is 5.11 Å². The second-order valence-electron chi connectivity index (χ2n) is 5.87. The lowest BCUT2D eigenvalue weighted by Gasteiger charge is -2.22. The molecule has 0 spiro atoms. The molecule has 1 unspecified atom stereocenters. The van der Waals surface area contributed by atoms with Crippen molar-refractivity contribution in [3.63, 3.8) is 0 Å². The predicted molar refractivity (Wildman–Crippen MR) is 85.4 cm³/mol. The van der Waals surface area contributed by atoms with Crippen molar-refractivity contribution in [1.29, 1.82) is 0 Å². The van der Waals surface area contributed by atoms with E-state index in [1.54, 1.807) is 11.3 Å². The van der Waals surface area contributed by atoms with Crippen LogP contribution >= 0.6 is 11.3 Å². The van der Waals surface area contributed by atoms with Gasteiger partial charge in [0.2, 0.25) is 0 Å². The van der Waals surface area contributed by atoms with E-state index >= 15 is 0 Å². The zero-order chi connectivity index (χ0) is 13.9. The number of hydrogen-bond acceptors (Lipinski definition) is 2. The van der Waals surface area contributed by atoms with Gasteiger partial charge < -0.3 is 5.11 Å². The van der Waals surface area contributed by atoms with Gasteiger partial charge in [0.25, 0.3) is 0 Å². The van der Waals surface area contributed by atoms with Crippen molar-refractivity contribution in [2.75, 3.05) is 0 Å². The zero-order valence-electron chi connectivity index (χ0n) is 12.0. The van der Waals surface area contributed by atoms with Gasteiger partial charge >= 0.3 is 0 Å². The number of aliphatic hydroxyl groups excluding tert-OH is 1. The molecule has 0 bridgehead atoms. The molecule has 0 aliphatic heterocycles. The van der Waals surface area contributed by atoms with Gasteiger partial charge in [-0.05, 0) is 53.8 Å². The Bertz CT molecular complexity index is 549. The average molecular weight is 286 g/mol. The van der Waals surface area contributed by atoms with Crippen LogP contribution in [0, 0.1) is 6.92 Å². The highest BCUT2D eigenvalue weighted by atomic mass is 32.1. The Morgan fingerprint density at radius 1 is 1.05 bits per heavy atom. The van der Waals surface area contributed by atoms with Crippen LogP contribution in [0.2, 0.25) is 0 Å². The van der Waals surface area contributed by atoms with Gasteiger partial charge in [0, 0.05) is 4.88 Å². The first kappa shape index (κ1) is 13.8. The van der Waals surface area contributed by atoms with Crippen LogP contribution in [-0.2, 0) is 0 Å². The van der Waals surface area contributed by atoms with E-state index in [0.717, 1.165) is 16.4 Å². The maximum atomic E-state index is 10.5. The van der Waals surface area contributed by atoms with Crippen molar-refractivity contribution >= 4 is 11.3 Å². The average Bonchev–Trinajstić information content (AvgIpc) is 2.94. The summed E-state index contributed by atoms with van der Waals surface area (Å²) >= 11 is 1.63. The van der Waals surface area contributed by atoms with Crippen LogP contribution in [0.5, 0.6) is 0 Å². The first-order chi connectivity index (χ1) is 9.75. The van der Waals surface area contributed by atoms with Gasteiger partial charge in [0.15, 0.2) is 0 Å². The fourth-order valence-electron chi connectivity index (χ4n) is 3.20. The molecule has 1 aliphatic rings. The summed E-state index contributed by atoms with van der Waals surface area (Å²) in [5, 5.41) is 12.5. The quantitative estimate of drug-likeness (QED) is 0.823. The zero-order valence-corrected chi connectivity index (χ0v) is 12.8. The van der Waals surface area contributed by atoms with E-state index in [1.165, 1.54) is 43.2 Å². The monoisotopic (exact) mass is 286 g/mol. The maximum Gasteiger partial charge on any atom is 0.113 e. The van der Waals surface area contributed by atoms with Crippen molar-refractivity contribution in [3.8, 4) is 0 Å². The third-order valence-corrected chi connectivity index (χ3v) is 5.55. The van der Waals surface area contributed by atoms with E-state index < -0.39 is 6.10 Å². The summed E-state index contributed by atoms with van der Waals surface area (Å²) in [6, 6.07) is 10.7. The van der Waals surface area contributed by atoms with Crippen LogP contribution in [0.4, 0.5) is 0 Å². The van der Waals surface area contributed by atoms with E-state index in [-0.39, 0.29) is 0 Å². The summed E-state index contributed by atoms with van der Waals surface area (Å²) in [6.45, 7) is 2.06. The van der Waals surface area contributed by atoms with Crippen molar-refractivity contribution in [2.45, 2.75) is 51.0 Å². The second-order valence-corrected chi connectivity index (χ2v) is 6.82. The maximum absolute atomic E-state index is 10.5. The molecule has 106 valence electrons. The van der Waals surface area contributed by atoms with E-state index in [9.17, 15) is 5.11 Å². The molecule has 0 radical (unpaired) electrons. The summed E-state index contributed by atoms with van der Waals surface area (Å²) in [7, 11) is 0. The van der Waals surface area contributed by atoms with Crippen molar-refractivity contribution in [2.24, 2.45) is 0 Å². The topological polar surface area (TPSA) is 20.2 Å². The minimum Gasteiger partial charge on any atom is -0.383 e. The molecule has 1 aromatic carbocycles. The molecule has 1 atom stereocenters. The standard InChI is InChI=1S/C18H22OS/c1-13-11-12-20-18(13)17(19)16-9-7-15(8-10-16)14-5-3-2-4-6-14/h7-12,14,17,19H,2-6H2,1H3. The smallest absolute Gasteiger partial charge is 0.113 e. The minimum atomic E-state index is -0.476. The second kappa shape index (κ2) is 6.11. The molecule has 1 aromatic heterocycles. The number of aliphatic hydroxyl groups is 1. The molecule has 2 aromatic rings. The van der Waals surface area contributed by atoms with Crippen LogP contribution in [0.3, 0.4) is 0 Å². The lowest BCUT2D eigenvalue weighted by molar-refractivity contribution is 0.223. The van der Waals surface area contributed by atoms with Crippen LogP contribution in [0.25, 0.3) is 0 Å². The summed E-state index contributed by atoms with van der Waals surface area (Å²) < 4.78 is 0. The molecule has 1 nitrogen and oxygen atoms in total. The SMILES string of the molecule is Cc1ccsc1C(O)c1ccc(C2CCCCC2)cc1. The molecule has 3 rings (SSSR count). The Morgan fingerprint density at radius 2 is 1.75 bits per heavy atom. The molecule has 20 heavy (non-hydrogen) atoms. The van der Waals surface area contributed by atoms with Gasteiger partial charge in [-0.25, -0.2) is 0 Å². The minimum absolute atomic E-state index is 0.476.